The van der Waals surface area contributed by atoms with Crippen molar-refractivity contribution in [1.29, 1.82) is 0 Å². The van der Waals surface area contributed by atoms with Gasteiger partial charge in [0.15, 0.2) is 11.5 Å². The third kappa shape index (κ3) is 4.91. The summed E-state index contributed by atoms with van der Waals surface area (Å²) in [5.41, 5.74) is 2.46. The number of carbonyl (C=O) groups is 2. The monoisotopic (exact) mass is 380 g/mol. The van der Waals surface area contributed by atoms with Crippen molar-refractivity contribution in [3.63, 3.8) is 0 Å². The van der Waals surface area contributed by atoms with Gasteiger partial charge in [0.2, 0.25) is 6.79 Å². The van der Waals surface area contributed by atoms with Crippen LogP contribution in [0.5, 0.6) is 11.5 Å². The zero-order valence-electron chi connectivity index (χ0n) is 16.1. The SMILES string of the molecule is CCCCNC(=O)C(=Cc1ccc2c(c1)OCO2)NC(=O)c1ccc(C)cc1. The van der Waals surface area contributed by atoms with Crippen molar-refractivity contribution in [2.45, 2.75) is 26.7 Å². The second kappa shape index (κ2) is 9.08. The molecular formula is C22H24N2O4. The molecule has 6 heteroatoms. The van der Waals surface area contributed by atoms with Gasteiger partial charge in [-0.2, -0.15) is 0 Å². The summed E-state index contributed by atoms with van der Waals surface area (Å²) < 4.78 is 10.7. The van der Waals surface area contributed by atoms with Crippen molar-refractivity contribution in [3.8, 4) is 11.5 Å². The molecule has 0 spiro atoms. The van der Waals surface area contributed by atoms with Crippen LogP contribution in [0.4, 0.5) is 0 Å². The van der Waals surface area contributed by atoms with Gasteiger partial charge in [-0.1, -0.05) is 37.1 Å². The van der Waals surface area contributed by atoms with Crippen LogP contribution >= 0.6 is 0 Å². The number of amides is 2. The molecule has 0 atom stereocenters. The van der Waals surface area contributed by atoms with E-state index in [9.17, 15) is 9.59 Å². The number of hydrogen-bond donors (Lipinski definition) is 2. The first-order chi connectivity index (χ1) is 13.6. The van der Waals surface area contributed by atoms with Gasteiger partial charge in [-0.05, 0) is 49.2 Å². The lowest BCUT2D eigenvalue weighted by molar-refractivity contribution is -0.117. The van der Waals surface area contributed by atoms with E-state index in [1.165, 1.54) is 0 Å². The van der Waals surface area contributed by atoms with Crippen molar-refractivity contribution in [3.05, 3.63) is 64.9 Å². The highest BCUT2D eigenvalue weighted by atomic mass is 16.7. The van der Waals surface area contributed by atoms with Gasteiger partial charge in [0.05, 0.1) is 0 Å². The molecule has 0 radical (unpaired) electrons. The maximum atomic E-state index is 12.6. The molecule has 0 saturated carbocycles. The number of ether oxygens (including phenoxy) is 2. The predicted octanol–water partition coefficient (Wildman–Crippen LogP) is 3.41. The van der Waals surface area contributed by atoms with Crippen molar-refractivity contribution in [2.24, 2.45) is 0 Å². The first-order valence-corrected chi connectivity index (χ1v) is 9.34. The standard InChI is InChI=1S/C22H24N2O4/c1-3-4-11-23-22(26)18(24-21(25)17-8-5-15(2)6-9-17)12-16-7-10-19-20(13-16)28-14-27-19/h5-10,12-13H,3-4,11,14H2,1-2H3,(H,23,26)(H,24,25). The van der Waals surface area contributed by atoms with Crippen molar-refractivity contribution in [2.75, 3.05) is 13.3 Å². The maximum absolute atomic E-state index is 12.6. The molecule has 1 aliphatic rings. The summed E-state index contributed by atoms with van der Waals surface area (Å²) in [6.07, 6.45) is 3.47. The molecular weight excluding hydrogens is 356 g/mol. The molecule has 28 heavy (non-hydrogen) atoms. The van der Waals surface area contributed by atoms with Crippen molar-refractivity contribution in [1.82, 2.24) is 10.6 Å². The highest BCUT2D eigenvalue weighted by Crippen LogP contribution is 2.33. The molecule has 0 fully saturated rings. The Balaban J connectivity index is 1.82. The van der Waals surface area contributed by atoms with Crippen LogP contribution in [-0.2, 0) is 4.79 Å². The molecule has 3 rings (SSSR count). The fraction of sp³-hybridized carbons (Fsp3) is 0.273. The zero-order chi connectivity index (χ0) is 19.9. The molecule has 146 valence electrons. The van der Waals surface area contributed by atoms with Gasteiger partial charge >= 0.3 is 0 Å². The number of benzene rings is 2. The summed E-state index contributed by atoms with van der Waals surface area (Å²) in [4.78, 5) is 25.2. The van der Waals surface area contributed by atoms with Crippen molar-refractivity contribution < 1.29 is 19.1 Å². The molecule has 6 nitrogen and oxygen atoms in total. The molecule has 0 aromatic heterocycles. The van der Waals surface area contributed by atoms with Crippen LogP contribution in [-0.4, -0.2) is 25.2 Å². The average molecular weight is 380 g/mol. The van der Waals surface area contributed by atoms with E-state index in [4.69, 9.17) is 9.47 Å². The highest BCUT2D eigenvalue weighted by molar-refractivity contribution is 6.05. The number of hydrogen-bond acceptors (Lipinski definition) is 4. The quantitative estimate of drug-likeness (QED) is 0.570. The first-order valence-electron chi connectivity index (χ1n) is 9.34. The normalized spacial score (nSPS) is 12.6. The van der Waals surface area contributed by atoms with Crippen LogP contribution in [0.1, 0.15) is 41.3 Å². The molecule has 2 aromatic carbocycles. The molecule has 1 heterocycles. The van der Waals surface area contributed by atoms with E-state index in [1.54, 1.807) is 30.3 Å². The fourth-order valence-corrected chi connectivity index (χ4v) is 2.70. The third-order valence-electron chi connectivity index (χ3n) is 4.33. The number of aryl methyl sites for hydroxylation is 1. The van der Waals surface area contributed by atoms with Crippen LogP contribution < -0.4 is 20.1 Å². The van der Waals surface area contributed by atoms with Gasteiger partial charge in [0.1, 0.15) is 5.70 Å². The van der Waals surface area contributed by atoms with Gasteiger partial charge in [-0.3, -0.25) is 9.59 Å². The molecule has 2 amide bonds. The van der Waals surface area contributed by atoms with Crippen LogP contribution in [0.3, 0.4) is 0 Å². The molecule has 0 aliphatic carbocycles. The van der Waals surface area contributed by atoms with E-state index in [1.807, 2.05) is 25.1 Å². The minimum absolute atomic E-state index is 0.178. The smallest absolute Gasteiger partial charge is 0.267 e. The van der Waals surface area contributed by atoms with E-state index >= 15 is 0 Å². The maximum Gasteiger partial charge on any atom is 0.267 e. The highest BCUT2D eigenvalue weighted by Gasteiger charge is 2.16. The summed E-state index contributed by atoms with van der Waals surface area (Å²) in [5, 5.41) is 5.58. The lowest BCUT2D eigenvalue weighted by Crippen LogP contribution is -2.35. The lowest BCUT2D eigenvalue weighted by Gasteiger charge is -2.11. The molecule has 2 aromatic rings. The summed E-state index contributed by atoms with van der Waals surface area (Å²) in [6.45, 7) is 4.73. The van der Waals surface area contributed by atoms with E-state index in [0.717, 1.165) is 24.0 Å². The van der Waals surface area contributed by atoms with Gasteiger partial charge in [-0.15, -0.1) is 0 Å². The lowest BCUT2D eigenvalue weighted by atomic mass is 10.1. The Kier molecular flexibility index (Phi) is 6.32. The molecule has 2 N–H and O–H groups in total. The van der Waals surface area contributed by atoms with E-state index in [0.29, 0.717) is 23.6 Å². The Morgan fingerprint density at radius 3 is 2.57 bits per heavy atom. The minimum atomic E-state index is -0.336. The Morgan fingerprint density at radius 1 is 1.07 bits per heavy atom. The molecule has 1 aliphatic heterocycles. The van der Waals surface area contributed by atoms with E-state index in [-0.39, 0.29) is 24.3 Å². The summed E-state index contributed by atoms with van der Waals surface area (Å²) in [7, 11) is 0. The van der Waals surface area contributed by atoms with Crippen LogP contribution in [0.2, 0.25) is 0 Å². The number of fused-ring (bicyclic) bond motifs is 1. The summed E-state index contributed by atoms with van der Waals surface area (Å²) >= 11 is 0. The number of nitrogens with one attached hydrogen (secondary N) is 2. The second-order valence-corrected chi connectivity index (χ2v) is 6.60. The predicted molar refractivity (Wildman–Crippen MR) is 107 cm³/mol. The molecule has 0 unspecified atom stereocenters. The Labute approximate surface area is 164 Å². The Morgan fingerprint density at radius 2 is 1.82 bits per heavy atom. The van der Waals surface area contributed by atoms with Crippen molar-refractivity contribution >= 4 is 17.9 Å². The van der Waals surface area contributed by atoms with Crippen LogP contribution in [0.15, 0.2) is 48.2 Å². The van der Waals surface area contributed by atoms with E-state index in [2.05, 4.69) is 17.6 Å². The van der Waals surface area contributed by atoms with Gasteiger partial charge in [0.25, 0.3) is 11.8 Å². The average Bonchev–Trinajstić information content (AvgIpc) is 3.16. The van der Waals surface area contributed by atoms with Gasteiger partial charge in [0, 0.05) is 12.1 Å². The fourth-order valence-electron chi connectivity index (χ4n) is 2.70. The molecule has 0 bridgehead atoms. The summed E-state index contributed by atoms with van der Waals surface area (Å²) in [6, 6.07) is 12.6. The summed E-state index contributed by atoms with van der Waals surface area (Å²) in [5.74, 6) is 0.614. The van der Waals surface area contributed by atoms with E-state index < -0.39 is 0 Å². The number of unbranched alkanes of at least 4 members (excludes halogenated alkanes) is 1. The minimum Gasteiger partial charge on any atom is -0.454 e. The van der Waals surface area contributed by atoms with Crippen LogP contribution in [0.25, 0.3) is 6.08 Å². The Bertz CT molecular complexity index is 888. The molecule has 0 saturated heterocycles. The number of rotatable bonds is 7. The second-order valence-electron chi connectivity index (χ2n) is 6.60. The first kappa shape index (κ1) is 19.5. The largest absolute Gasteiger partial charge is 0.454 e. The zero-order valence-corrected chi connectivity index (χ0v) is 16.1. The number of carbonyl (C=O) groups excluding carboxylic acids is 2. The van der Waals surface area contributed by atoms with Gasteiger partial charge < -0.3 is 20.1 Å². The third-order valence-corrected chi connectivity index (χ3v) is 4.33. The topological polar surface area (TPSA) is 76.7 Å². The Hall–Kier alpha value is -3.28. The van der Waals surface area contributed by atoms with Crippen LogP contribution in [0, 0.1) is 6.92 Å². The van der Waals surface area contributed by atoms with Gasteiger partial charge in [-0.25, -0.2) is 0 Å².